The van der Waals surface area contributed by atoms with Crippen LogP contribution in [0.4, 0.5) is 0 Å². The molecule has 0 aliphatic carbocycles. The van der Waals surface area contributed by atoms with Crippen LogP contribution in [0.2, 0.25) is 0 Å². The van der Waals surface area contributed by atoms with Crippen LogP contribution in [-0.4, -0.2) is 54.2 Å². The zero-order valence-corrected chi connectivity index (χ0v) is 12.4. The van der Waals surface area contributed by atoms with E-state index in [0.29, 0.717) is 31.3 Å². The fraction of sp³-hybridized carbons (Fsp3) is 0.538. The Hall–Kier alpha value is -1.31. The summed E-state index contributed by atoms with van der Waals surface area (Å²) in [6, 6.07) is 4.65. The molecule has 0 aromatic heterocycles. The van der Waals surface area contributed by atoms with Gasteiger partial charge >= 0.3 is 0 Å². The Labute approximate surface area is 118 Å². The quantitative estimate of drug-likeness (QED) is 0.770. The second kappa shape index (κ2) is 6.43. The third-order valence-electron chi connectivity index (χ3n) is 2.92. The summed E-state index contributed by atoms with van der Waals surface area (Å²) in [7, 11) is -1.60. The van der Waals surface area contributed by atoms with Crippen molar-refractivity contribution in [3.63, 3.8) is 0 Å². The van der Waals surface area contributed by atoms with Gasteiger partial charge in [0.2, 0.25) is 0 Å². The third-order valence-corrected chi connectivity index (χ3v) is 4.03. The SMILES string of the molecule is COCCNCC1COc2ccc(S(C)(=O)=O)cc2O1. The van der Waals surface area contributed by atoms with Crippen LogP contribution in [0.25, 0.3) is 0 Å². The van der Waals surface area contributed by atoms with Crippen molar-refractivity contribution >= 4 is 9.84 Å². The Balaban J connectivity index is 2.01. The molecule has 0 amide bonds. The average molecular weight is 301 g/mol. The predicted octanol–water partition coefficient (Wildman–Crippen LogP) is 0.466. The molecule has 1 heterocycles. The first kappa shape index (κ1) is 15.1. The molecular weight excluding hydrogens is 282 g/mol. The van der Waals surface area contributed by atoms with E-state index in [1.165, 1.54) is 18.4 Å². The number of methoxy groups -OCH3 is 1. The lowest BCUT2D eigenvalue weighted by Crippen LogP contribution is -2.39. The molecule has 0 saturated carbocycles. The van der Waals surface area contributed by atoms with Gasteiger partial charge in [0.05, 0.1) is 11.5 Å². The van der Waals surface area contributed by atoms with Crippen LogP contribution in [0.3, 0.4) is 0 Å². The van der Waals surface area contributed by atoms with Gasteiger partial charge in [-0.25, -0.2) is 8.42 Å². The van der Waals surface area contributed by atoms with Crippen LogP contribution in [0.5, 0.6) is 11.5 Å². The van der Waals surface area contributed by atoms with E-state index in [4.69, 9.17) is 14.2 Å². The molecule has 2 rings (SSSR count). The van der Waals surface area contributed by atoms with Crippen LogP contribution < -0.4 is 14.8 Å². The van der Waals surface area contributed by atoms with Crippen molar-refractivity contribution in [3.05, 3.63) is 18.2 Å². The monoisotopic (exact) mass is 301 g/mol. The number of rotatable bonds is 6. The van der Waals surface area contributed by atoms with Gasteiger partial charge in [0.15, 0.2) is 21.3 Å². The standard InChI is InChI=1S/C13H19NO5S/c1-17-6-5-14-8-10-9-18-12-4-3-11(20(2,15)16)7-13(12)19-10/h3-4,7,10,14H,5-6,8-9H2,1-2H3. The van der Waals surface area contributed by atoms with Crippen LogP contribution in [-0.2, 0) is 14.6 Å². The molecule has 1 N–H and O–H groups in total. The van der Waals surface area contributed by atoms with E-state index >= 15 is 0 Å². The summed E-state index contributed by atoms with van der Waals surface area (Å²) in [4.78, 5) is 0.229. The fourth-order valence-corrected chi connectivity index (χ4v) is 2.50. The van der Waals surface area contributed by atoms with Gasteiger partial charge in [-0.05, 0) is 12.1 Å². The Morgan fingerprint density at radius 1 is 1.40 bits per heavy atom. The van der Waals surface area contributed by atoms with Gasteiger partial charge in [-0.1, -0.05) is 0 Å². The van der Waals surface area contributed by atoms with Crippen molar-refractivity contribution < 1.29 is 22.6 Å². The Morgan fingerprint density at radius 2 is 2.20 bits per heavy atom. The number of ether oxygens (including phenoxy) is 3. The molecule has 1 unspecified atom stereocenters. The lowest BCUT2D eigenvalue weighted by atomic mass is 10.2. The molecule has 1 aliphatic heterocycles. The van der Waals surface area contributed by atoms with Gasteiger partial charge in [-0.15, -0.1) is 0 Å². The molecule has 1 aromatic carbocycles. The van der Waals surface area contributed by atoms with Gasteiger partial charge in [0.25, 0.3) is 0 Å². The van der Waals surface area contributed by atoms with Gasteiger partial charge in [-0.3, -0.25) is 0 Å². The first-order chi connectivity index (χ1) is 9.50. The molecule has 0 fully saturated rings. The molecule has 7 heteroatoms. The first-order valence-corrected chi connectivity index (χ1v) is 8.23. The summed E-state index contributed by atoms with van der Waals surface area (Å²) in [5, 5.41) is 3.18. The smallest absolute Gasteiger partial charge is 0.175 e. The van der Waals surface area contributed by atoms with E-state index in [1.54, 1.807) is 13.2 Å². The number of hydrogen-bond acceptors (Lipinski definition) is 6. The Morgan fingerprint density at radius 3 is 2.90 bits per heavy atom. The number of benzene rings is 1. The average Bonchev–Trinajstić information content (AvgIpc) is 2.42. The van der Waals surface area contributed by atoms with E-state index in [9.17, 15) is 8.42 Å². The second-order valence-electron chi connectivity index (χ2n) is 4.63. The highest BCUT2D eigenvalue weighted by atomic mass is 32.2. The number of fused-ring (bicyclic) bond motifs is 1. The molecule has 0 bridgehead atoms. The summed E-state index contributed by atoms with van der Waals surface area (Å²) < 4.78 is 39.3. The molecule has 1 aliphatic rings. The second-order valence-corrected chi connectivity index (χ2v) is 6.64. The largest absolute Gasteiger partial charge is 0.486 e. The van der Waals surface area contributed by atoms with Gasteiger partial charge < -0.3 is 19.5 Å². The highest BCUT2D eigenvalue weighted by molar-refractivity contribution is 7.90. The van der Waals surface area contributed by atoms with Gasteiger partial charge in [0, 0.05) is 32.5 Å². The van der Waals surface area contributed by atoms with Crippen LogP contribution in [0.1, 0.15) is 0 Å². The lowest BCUT2D eigenvalue weighted by molar-refractivity contribution is 0.0880. The molecule has 20 heavy (non-hydrogen) atoms. The van der Waals surface area contributed by atoms with E-state index in [1.807, 2.05) is 0 Å². The lowest BCUT2D eigenvalue weighted by Gasteiger charge is -2.27. The maximum atomic E-state index is 11.5. The van der Waals surface area contributed by atoms with E-state index in [-0.39, 0.29) is 11.0 Å². The fourth-order valence-electron chi connectivity index (χ4n) is 1.86. The molecule has 1 aromatic rings. The van der Waals surface area contributed by atoms with Crippen molar-refractivity contribution in [2.75, 3.05) is 39.7 Å². The Kier molecular flexibility index (Phi) is 4.85. The highest BCUT2D eigenvalue weighted by Gasteiger charge is 2.22. The maximum absolute atomic E-state index is 11.5. The summed E-state index contributed by atoms with van der Waals surface area (Å²) in [6.07, 6.45) is 1.02. The zero-order valence-electron chi connectivity index (χ0n) is 11.6. The van der Waals surface area contributed by atoms with Gasteiger partial charge in [0.1, 0.15) is 12.7 Å². The molecular formula is C13H19NO5S. The minimum atomic E-state index is -3.25. The van der Waals surface area contributed by atoms with Crippen molar-refractivity contribution in [2.24, 2.45) is 0 Å². The maximum Gasteiger partial charge on any atom is 0.175 e. The summed E-state index contributed by atoms with van der Waals surface area (Å²) in [5.74, 6) is 1.04. The molecule has 1 atom stereocenters. The van der Waals surface area contributed by atoms with E-state index in [0.717, 1.165) is 6.54 Å². The number of nitrogens with one attached hydrogen (secondary N) is 1. The molecule has 0 saturated heterocycles. The van der Waals surface area contributed by atoms with Crippen molar-refractivity contribution in [1.82, 2.24) is 5.32 Å². The summed E-state index contributed by atoms with van der Waals surface area (Å²) in [6.45, 7) is 2.41. The van der Waals surface area contributed by atoms with Crippen LogP contribution >= 0.6 is 0 Å². The van der Waals surface area contributed by atoms with Gasteiger partial charge in [-0.2, -0.15) is 0 Å². The molecule has 0 spiro atoms. The van der Waals surface area contributed by atoms with E-state index in [2.05, 4.69) is 5.32 Å². The van der Waals surface area contributed by atoms with Crippen LogP contribution in [0, 0.1) is 0 Å². The Bertz CT molecular complexity index is 558. The normalized spacial score (nSPS) is 18.0. The minimum absolute atomic E-state index is 0.144. The topological polar surface area (TPSA) is 73.9 Å². The number of sulfone groups is 1. The first-order valence-electron chi connectivity index (χ1n) is 6.34. The molecule has 6 nitrogen and oxygen atoms in total. The molecule has 0 radical (unpaired) electrons. The summed E-state index contributed by atoms with van der Waals surface area (Å²) in [5.41, 5.74) is 0. The van der Waals surface area contributed by atoms with Crippen molar-refractivity contribution in [3.8, 4) is 11.5 Å². The predicted molar refractivity (Wildman–Crippen MR) is 74.2 cm³/mol. The zero-order chi connectivity index (χ0) is 14.6. The van der Waals surface area contributed by atoms with E-state index < -0.39 is 9.84 Å². The number of hydrogen-bond donors (Lipinski definition) is 1. The third kappa shape index (κ3) is 3.84. The van der Waals surface area contributed by atoms with Crippen molar-refractivity contribution in [1.29, 1.82) is 0 Å². The van der Waals surface area contributed by atoms with Crippen LogP contribution in [0.15, 0.2) is 23.1 Å². The van der Waals surface area contributed by atoms with Crippen molar-refractivity contribution in [2.45, 2.75) is 11.0 Å². The molecule has 112 valence electrons. The summed E-state index contributed by atoms with van der Waals surface area (Å²) >= 11 is 0. The highest BCUT2D eigenvalue weighted by Crippen LogP contribution is 2.33. The minimum Gasteiger partial charge on any atom is -0.486 e.